The first kappa shape index (κ1) is 16.5. The van der Waals surface area contributed by atoms with Crippen molar-refractivity contribution in [3.05, 3.63) is 23.8 Å². The SMILES string of the molecule is CN=C(NCc1ccc(OC)c(OC)c1)NC1CCCCC1. The topological polar surface area (TPSA) is 54.9 Å². The Morgan fingerprint density at radius 2 is 1.86 bits per heavy atom. The van der Waals surface area contributed by atoms with Crippen LogP contribution >= 0.6 is 0 Å². The van der Waals surface area contributed by atoms with E-state index in [-0.39, 0.29) is 0 Å². The van der Waals surface area contributed by atoms with Crippen molar-refractivity contribution in [3.63, 3.8) is 0 Å². The standard InChI is InChI=1S/C17H27N3O2/c1-18-17(20-14-7-5-4-6-8-14)19-12-13-9-10-15(21-2)16(11-13)22-3/h9-11,14H,4-8,12H2,1-3H3,(H2,18,19,20). The van der Waals surface area contributed by atoms with Gasteiger partial charge in [0.15, 0.2) is 17.5 Å². The molecule has 0 aliphatic heterocycles. The molecular weight excluding hydrogens is 278 g/mol. The number of aliphatic imine (C=N–C) groups is 1. The number of benzene rings is 1. The van der Waals surface area contributed by atoms with Crippen LogP contribution in [0.15, 0.2) is 23.2 Å². The monoisotopic (exact) mass is 305 g/mol. The van der Waals surface area contributed by atoms with Crippen LogP contribution < -0.4 is 20.1 Å². The number of ether oxygens (including phenoxy) is 2. The molecule has 1 aliphatic rings. The van der Waals surface area contributed by atoms with Gasteiger partial charge in [-0.2, -0.15) is 0 Å². The molecule has 22 heavy (non-hydrogen) atoms. The van der Waals surface area contributed by atoms with Crippen LogP contribution in [0.25, 0.3) is 0 Å². The number of hydrogen-bond acceptors (Lipinski definition) is 3. The fourth-order valence-corrected chi connectivity index (χ4v) is 2.81. The summed E-state index contributed by atoms with van der Waals surface area (Å²) >= 11 is 0. The summed E-state index contributed by atoms with van der Waals surface area (Å²) in [5.74, 6) is 2.36. The molecule has 5 heteroatoms. The van der Waals surface area contributed by atoms with E-state index in [2.05, 4.69) is 15.6 Å². The predicted octanol–water partition coefficient (Wildman–Crippen LogP) is 2.70. The first-order chi connectivity index (χ1) is 10.8. The molecule has 5 nitrogen and oxygen atoms in total. The fraction of sp³-hybridized carbons (Fsp3) is 0.588. The van der Waals surface area contributed by atoms with Crippen LogP contribution in [0.5, 0.6) is 11.5 Å². The summed E-state index contributed by atoms with van der Waals surface area (Å²) in [4.78, 5) is 4.31. The average Bonchev–Trinajstić information content (AvgIpc) is 2.59. The number of guanidine groups is 1. The largest absolute Gasteiger partial charge is 0.493 e. The molecule has 122 valence electrons. The Labute approximate surface area is 133 Å². The summed E-state index contributed by atoms with van der Waals surface area (Å²) in [7, 11) is 5.11. The van der Waals surface area contributed by atoms with Crippen LogP contribution in [0.2, 0.25) is 0 Å². The highest BCUT2D eigenvalue weighted by molar-refractivity contribution is 5.80. The third-order valence-corrected chi connectivity index (χ3v) is 4.08. The smallest absolute Gasteiger partial charge is 0.191 e. The molecule has 0 saturated heterocycles. The summed E-state index contributed by atoms with van der Waals surface area (Å²) < 4.78 is 10.6. The van der Waals surface area contributed by atoms with Crippen LogP contribution in [0.3, 0.4) is 0 Å². The van der Waals surface area contributed by atoms with E-state index >= 15 is 0 Å². The lowest BCUT2D eigenvalue weighted by Crippen LogP contribution is -2.43. The van der Waals surface area contributed by atoms with Gasteiger partial charge in [0.05, 0.1) is 14.2 Å². The van der Waals surface area contributed by atoms with Gasteiger partial charge in [-0.25, -0.2) is 0 Å². The first-order valence-corrected chi connectivity index (χ1v) is 7.95. The second-order valence-corrected chi connectivity index (χ2v) is 5.59. The van der Waals surface area contributed by atoms with Crippen molar-refractivity contribution >= 4 is 5.96 Å². The maximum Gasteiger partial charge on any atom is 0.191 e. The Hall–Kier alpha value is -1.91. The van der Waals surface area contributed by atoms with Gasteiger partial charge in [-0.3, -0.25) is 4.99 Å². The van der Waals surface area contributed by atoms with E-state index in [1.165, 1.54) is 32.1 Å². The van der Waals surface area contributed by atoms with Gasteiger partial charge in [0.1, 0.15) is 0 Å². The number of methoxy groups -OCH3 is 2. The van der Waals surface area contributed by atoms with Gasteiger partial charge in [-0.15, -0.1) is 0 Å². The lowest BCUT2D eigenvalue weighted by Gasteiger charge is -2.25. The van der Waals surface area contributed by atoms with Crippen molar-refractivity contribution in [1.82, 2.24) is 10.6 Å². The van der Waals surface area contributed by atoms with Gasteiger partial charge in [0, 0.05) is 19.6 Å². The third kappa shape index (κ3) is 4.55. The van der Waals surface area contributed by atoms with Crippen molar-refractivity contribution in [3.8, 4) is 11.5 Å². The first-order valence-electron chi connectivity index (χ1n) is 7.95. The van der Waals surface area contributed by atoms with Crippen LogP contribution in [0.1, 0.15) is 37.7 Å². The van der Waals surface area contributed by atoms with E-state index in [1.54, 1.807) is 14.2 Å². The highest BCUT2D eigenvalue weighted by atomic mass is 16.5. The van der Waals surface area contributed by atoms with Crippen LogP contribution in [-0.2, 0) is 6.54 Å². The van der Waals surface area contributed by atoms with E-state index in [0.29, 0.717) is 12.6 Å². The molecule has 0 heterocycles. The molecule has 1 aromatic carbocycles. The van der Waals surface area contributed by atoms with Crippen molar-refractivity contribution in [2.24, 2.45) is 4.99 Å². The van der Waals surface area contributed by atoms with Crippen molar-refractivity contribution in [2.45, 2.75) is 44.7 Å². The van der Waals surface area contributed by atoms with E-state index in [0.717, 1.165) is 23.0 Å². The van der Waals surface area contributed by atoms with Crippen LogP contribution in [-0.4, -0.2) is 33.3 Å². The lowest BCUT2D eigenvalue weighted by atomic mass is 9.96. The Bertz CT molecular complexity index is 497. The second kappa shape index (κ2) is 8.51. The highest BCUT2D eigenvalue weighted by Crippen LogP contribution is 2.27. The number of hydrogen-bond donors (Lipinski definition) is 2. The molecule has 0 amide bonds. The normalized spacial score (nSPS) is 16.2. The molecule has 0 radical (unpaired) electrons. The van der Waals surface area contributed by atoms with Gasteiger partial charge in [-0.1, -0.05) is 25.3 Å². The van der Waals surface area contributed by atoms with Crippen molar-refractivity contribution < 1.29 is 9.47 Å². The third-order valence-electron chi connectivity index (χ3n) is 4.08. The molecule has 1 saturated carbocycles. The Morgan fingerprint density at radius 1 is 1.14 bits per heavy atom. The molecule has 0 aromatic heterocycles. The van der Waals surface area contributed by atoms with Gasteiger partial charge in [-0.05, 0) is 30.5 Å². The quantitative estimate of drug-likeness (QED) is 0.649. The zero-order chi connectivity index (χ0) is 15.8. The number of nitrogens with zero attached hydrogens (tertiary/aromatic N) is 1. The summed E-state index contributed by atoms with van der Waals surface area (Å²) in [6.07, 6.45) is 6.44. The van der Waals surface area contributed by atoms with Crippen molar-refractivity contribution in [1.29, 1.82) is 0 Å². The predicted molar refractivity (Wildman–Crippen MR) is 89.8 cm³/mol. The van der Waals surface area contributed by atoms with Crippen molar-refractivity contribution in [2.75, 3.05) is 21.3 Å². The molecule has 1 aromatic rings. The zero-order valence-electron chi connectivity index (χ0n) is 13.8. The van der Waals surface area contributed by atoms with Gasteiger partial charge >= 0.3 is 0 Å². The molecule has 1 aliphatic carbocycles. The molecule has 1 fully saturated rings. The van der Waals surface area contributed by atoms with Gasteiger partial charge < -0.3 is 20.1 Å². The summed E-state index contributed by atoms with van der Waals surface area (Å²) in [5.41, 5.74) is 1.13. The molecular formula is C17H27N3O2. The number of nitrogens with one attached hydrogen (secondary N) is 2. The molecule has 0 atom stereocenters. The minimum atomic E-state index is 0.547. The van der Waals surface area contributed by atoms with E-state index < -0.39 is 0 Å². The Balaban J connectivity index is 1.90. The molecule has 0 unspecified atom stereocenters. The van der Waals surface area contributed by atoms with Crippen LogP contribution in [0.4, 0.5) is 0 Å². The van der Waals surface area contributed by atoms with E-state index in [9.17, 15) is 0 Å². The minimum Gasteiger partial charge on any atom is -0.493 e. The average molecular weight is 305 g/mol. The molecule has 0 bridgehead atoms. The van der Waals surface area contributed by atoms with E-state index in [4.69, 9.17) is 9.47 Å². The van der Waals surface area contributed by atoms with E-state index in [1.807, 2.05) is 25.2 Å². The lowest BCUT2D eigenvalue weighted by molar-refractivity contribution is 0.354. The van der Waals surface area contributed by atoms with Crippen LogP contribution in [0, 0.1) is 0 Å². The Kier molecular flexibility index (Phi) is 6.37. The maximum absolute atomic E-state index is 5.33. The summed E-state index contributed by atoms with van der Waals surface area (Å²) in [6, 6.07) is 6.49. The maximum atomic E-state index is 5.33. The van der Waals surface area contributed by atoms with Gasteiger partial charge in [0.2, 0.25) is 0 Å². The second-order valence-electron chi connectivity index (χ2n) is 5.59. The molecule has 0 spiro atoms. The summed E-state index contributed by atoms with van der Waals surface area (Å²) in [6.45, 7) is 0.701. The molecule has 2 N–H and O–H groups in total. The fourth-order valence-electron chi connectivity index (χ4n) is 2.81. The number of rotatable bonds is 5. The Morgan fingerprint density at radius 3 is 2.50 bits per heavy atom. The summed E-state index contributed by atoms with van der Waals surface area (Å²) in [5, 5.41) is 6.87. The molecule has 2 rings (SSSR count). The van der Waals surface area contributed by atoms with Gasteiger partial charge in [0.25, 0.3) is 0 Å². The zero-order valence-corrected chi connectivity index (χ0v) is 13.8. The highest BCUT2D eigenvalue weighted by Gasteiger charge is 2.14. The minimum absolute atomic E-state index is 0.547.